The quantitative estimate of drug-likeness (QED) is 0.507. The fourth-order valence-corrected chi connectivity index (χ4v) is 1.79. The summed E-state index contributed by atoms with van der Waals surface area (Å²) in [5, 5.41) is 8.97. The second-order valence-electron chi connectivity index (χ2n) is 4.18. The highest BCUT2D eigenvalue weighted by Crippen LogP contribution is 2.19. The summed E-state index contributed by atoms with van der Waals surface area (Å²) in [6.07, 6.45) is 3.04. The number of hydrogen-bond acceptors (Lipinski definition) is 3. The molecule has 0 aliphatic rings. The van der Waals surface area contributed by atoms with Crippen molar-refractivity contribution in [3.8, 4) is 0 Å². The van der Waals surface area contributed by atoms with Crippen LogP contribution in [0.4, 0.5) is 5.69 Å². The molecule has 3 N–H and O–H groups in total. The molecule has 0 unspecified atom stereocenters. The second-order valence-corrected chi connectivity index (χ2v) is 4.18. The largest absolute Gasteiger partial charge is 0.478 e. The Bertz CT molecular complexity index is 675. The molecule has 100 valence electrons. The van der Waals surface area contributed by atoms with Gasteiger partial charge in [-0.2, -0.15) is 0 Å². The van der Waals surface area contributed by atoms with Gasteiger partial charge in [-0.25, -0.2) is 4.79 Å². The molecule has 2 aromatic rings. The van der Waals surface area contributed by atoms with Gasteiger partial charge in [-0.15, -0.1) is 0 Å². The molecule has 0 atom stereocenters. The molecule has 0 heterocycles. The first-order chi connectivity index (χ1) is 9.59. The van der Waals surface area contributed by atoms with E-state index < -0.39 is 5.97 Å². The summed E-state index contributed by atoms with van der Waals surface area (Å²) < 4.78 is 0. The van der Waals surface area contributed by atoms with Gasteiger partial charge in [-0.1, -0.05) is 42.5 Å². The third kappa shape index (κ3) is 2.92. The fraction of sp³-hybridized carbons (Fsp3) is 0. The Morgan fingerprint density at radius 2 is 1.60 bits per heavy atom. The van der Waals surface area contributed by atoms with Gasteiger partial charge in [0, 0.05) is 5.56 Å². The summed E-state index contributed by atoms with van der Waals surface area (Å²) in [7, 11) is 0. The lowest BCUT2D eigenvalue weighted by Crippen LogP contribution is -2.08. The number of allylic oxidation sites excluding steroid dienone is 1. The van der Waals surface area contributed by atoms with Crippen molar-refractivity contribution in [2.24, 2.45) is 0 Å². The van der Waals surface area contributed by atoms with Crippen molar-refractivity contribution in [2.75, 3.05) is 5.73 Å². The van der Waals surface area contributed by atoms with Gasteiger partial charge >= 0.3 is 5.97 Å². The number of carbonyl (C=O) groups is 2. The summed E-state index contributed by atoms with van der Waals surface area (Å²) in [6.45, 7) is 0. The highest BCUT2D eigenvalue weighted by molar-refractivity contribution is 6.12. The van der Waals surface area contributed by atoms with Crippen LogP contribution in [0.5, 0.6) is 0 Å². The van der Waals surface area contributed by atoms with Crippen LogP contribution in [0.3, 0.4) is 0 Å². The lowest BCUT2D eigenvalue weighted by atomic mass is 10.0. The molecule has 0 saturated heterocycles. The van der Waals surface area contributed by atoms with Gasteiger partial charge in [0.25, 0.3) is 0 Å². The van der Waals surface area contributed by atoms with Crippen LogP contribution in [-0.4, -0.2) is 16.9 Å². The lowest BCUT2D eigenvalue weighted by Gasteiger charge is -2.05. The molecular formula is C16H13NO3. The van der Waals surface area contributed by atoms with Crippen LogP contribution in [0, 0.1) is 0 Å². The van der Waals surface area contributed by atoms with Crippen LogP contribution in [0.2, 0.25) is 0 Å². The van der Waals surface area contributed by atoms with Crippen molar-refractivity contribution < 1.29 is 14.7 Å². The van der Waals surface area contributed by atoms with E-state index in [4.69, 9.17) is 10.8 Å². The Morgan fingerprint density at radius 3 is 2.25 bits per heavy atom. The predicted molar refractivity (Wildman–Crippen MR) is 77.6 cm³/mol. The molecular weight excluding hydrogens is 254 g/mol. The lowest BCUT2D eigenvalue weighted by molar-refractivity contribution is 0.0698. The average Bonchev–Trinajstić information content (AvgIpc) is 2.46. The standard InChI is InChI=1S/C16H13NO3/c17-15-12(7-4-8-13(15)16(19)20)14(18)10-9-11-5-2-1-3-6-11/h1-10H,17H2,(H,19,20). The minimum Gasteiger partial charge on any atom is -0.478 e. The number of nitrogens with two attached hydrogens (primary N) is 1. The highest BCUT2D eigenvalue weighted by atomic mass is 16.4. The van der Waals surface area contributed by atoms with Crippen LogP contribution in [0.25, 0.3) is 6.08 Å². The SMILES string of the molecule is Nc1c(C(=O)O)cccc1C(=O)C=Cc1ccccc1. The Morgan fingerprint density at radius 1 is 0.950 bits per heavy atom. The normalized spacial score (nSPS) is 10.6. The number of ketones is 1. The monoisotopic (exact) mass is 267 g/mol. The molecule has 2 rings (SSSR count). The van der Waals surface area contributed by atoms with Crippen molar-refractivity contribution in [2.45, 2.75) is 0 Å². The van der Waals surface area contributed by atoms with Gasteiger partial charge in [-0.3, -0.25) is 4.79 Å². The molecule has 0 fully saturated rings. The number of benzene rings is 2. The maximum Gasteiger partial charge on any atom is 0.337 e. The first kappa shape index (κ1) is 13.5. The molecule has 0 radical (unpaired) electrons. The number of rotatable bonds is 4. The van der Waals surface area contributed by atoms with Crippen molar-refractivity contribution in [3.05, 3.63) is 71.3 Å². The molecule has 0 aliphatic carbocycles. The van der Waals surface area contributed by atoms with Gasteiger partial charge < -0.3 is 10.8 Å². The minimum atomic E-state index is -1.15. The van der Waals surface area contributed by atoms with Crippen molar-refractivity contribution >= 4 is 23.5 Å². The van der Waals surface area contributed by atoms with E-state index in [0.29, 0.717) is 0 Å². The molecule has 2 aromatic carbocycles. The van der Waals surface area contributed by atoms with E-state index >= 15 is 0 Å². The molecule has 0 aliphatic heterocycles. The number of anilines is 1. The molecule has 0 spiro atoms. The Kier molecular flexibility index (Phi) is 3.96. The summed E-state index contributed by atoms with van der Waals surface area (Å²) in [5.41, 5.74) is 6.72. The molecule has 0 saturated carbocycles. The fourth-order valence-electron chi connectivity index (χ4n) is 1.79. The van der Waals surface area contributed by atoms with Crippen LogP contribution < -0.4 is 5.73 Å². The molecule has 0 amide bonds. The van der Waals surface area contributed by atoms with Crippen LogP contribution in [-0.2, 0) is 0 Å². The van der Waals surface area contributed by atoms with Gasteiger partial charge in [0.1, 0.15) is 0 Å². The minimum absolute atomic E-state index is 0.0114. The van der Waals surface area contributed by atoms with Gasteiger partial charge in [0.15, 0.2) is 5.78 Å². The first-order valence-corrected chi connectivity index (χ1v) is 5.99. The van der Waals surface area contributed by atoms with Crippen LogP contribution in [0.15, 0.2) is 54.6 Å². The molecule has 20 heavy (non-hydrogen) atoms. The third-order valence-electron chi connectivity index (χ3n) is 2.83. The maximum atomic E-state index is 12.1. The summed E-state index contributed by atoms with van der Waals surface area (Å²) in [5.74, 6) is -1.47. The van der Waals surface area contributed by atoms with Crippen LogP contribution >= 0.6 is 0 Å². The molecule has 4 heteroatoms. The van der Waals surface area contributed by atoms with E-state index in [1.807, 2.05) is 30.3 Å². The number of carboxylic acid groups (broad SMARTS) is 1. The van der Waals surface area contributed by atoms with E-state index in [0.717, 1.165) is 5.56 Å². The zero-order chi connectivity index (χ0) is 14.5. The van der Waals surface area contributed by atoms with Crippen molar-refractivity contribution in [3.63, 3.8) is 0 Å². The summed E-state index contributed by atoms with van der Waals surface area (Å²) >= 11 is 0. The van der Waals surface area contributed by atoms with Gasteiger partial charge in [0.2, 0.25) is 0 Å². The number of carbonyl (C=O) groups excluding carboxylic acids is 1. The van der Waals surface area contributed by atoms with E-state index in [2.05, 4.69) is 0 Å². The Balaban J connectivity index is 2.28. The van der Waals surface area contributed by atoms with E-state index in [-0.39, 0.29) is 22.6 Å². The summed E-state index contributed by atoms with van der Waals surface area (Å²) in [4.78, 5) is 23.0. The average molecular weight is 267 g/mol. The zero-order valence-electron chi connectivity index (χ0n) is 10.6. The predicted octanol–water partition coefficient (Wildman–Crippen LogP) is 2.86. The topological polar surface area (TPSA) is 80.4 Å². The highest BCUT2D eigenvalue weighted by Gasteiger charge is 2.14. The van der Waals surface area contributed by atoms with Crippen LogP contribution in [0.1, 0.15) is 26.3 Å². The third-order valence-corrected chi connectivity index (χ3v) is 2.83. The smallest absolute Gasteiger partial charge is 0.337 e. The van der Waals surface area contributed by atoms with Gasteiger partial charge in [-0.05, 0) is 23.8 Å². The Hall–Kier alpha value is -2.88. The maximum absolute atomic E-state index is 12.1. The van der Waals surface area contributed by atoms with E-state index in [1.165, 1.54) is 24.3 Å². The number of carboxylic acids is 1. The number of hydrogen-bond donors (Lipinski definition) is 2. The van der Waals surface area contributed by atoms with Crippen molar-refractivity contribution in [1.82, 2.24) is 0 Å². The van der Waals surface area contributed by atoms with Crippen molar-refractivity contribution in [1.29, 1.82) is 0 Å². The molecule has 0 bridgehead atoms. The second kappa shape index (κ2) is 5.84. The first-order valence-electron chi connectivity index (χ1n) is 5.99. The number of nitrogen functional groups attached to an aromatic ring is 1. The summed E-state index contributed by atoms with van der Waals surface area (Å²) in [6, 6.07) is 13.7. The number of aromatic carboxylic acids is 1. The van der Waals surface area contributed by atoms with Gasteiger partial charge in [0.05, 0.1) is 11.3 Å². The zero-order valence-corrected chi connectivity index (χ0v) is 10.6. The van der Waals surface area contributed by atoms with E-state index in [1.54, 1.807) is 6.08 Å². The number of para-hydroxylation sites is 1. The molecule has 4 nitrogen and oxygen atoms in total. The van der Waals surface area contributed by atoms with E-state index in [9.17, 15) is 9.59 Å². The molecule has 0 aromatic heterocycles. The Labute approximate surface area is 116 Å².